The molecule has 0 saturated heterocycles. The molecule has 0 bridgehead atoms. The summed E-state index contributed by atoms with van der Waals surface area (Å²) in [4.78, 5) is 11.3. The van der Waals surface area contributed by atoms with Gasteiger partial charge in [0.05, 0.1) is 11.4 Å². The van der Waals surface area contributed by atoms with Crippen molar-refractivity contribution in [2.24, 2.45) is 0 Å². The van der Waals surface area contributed by atoms with E-state index in [4.69, 9.17) is 0 Å². The molecule has 0 amide bonds. The summed E-state index contributed by atoms with van der Waals surface area (Å²) in [5, 5.41) is 21.1. The third-order valence-corrected chi connectivity index (χ3v) is 7.12. The second-order valence-electron chi connectivity index (χ2n) is 9.28. The Morgan fingerprint density at radius 2 is 1.00 bits per heavy atom. The van der Waals surface area contributed by atoms with E-state index < -0.39 is 0 Å². The van der Waals surface area contributed by atoms with E-state index >= 15 is 0 Å². The molecule has 39 heavy (non-hydrogen) atoms. The van der Waals surface area contributed by atoms with Crippen LogP contribution in [0, 0.1) is 22.7 Å². The highest BCUT2D eigenvalue weighted by atomic mass is 15.1. The van der Waals surface area contributed by atoms with Gasteiger partial charge in [-0.3, -0.25) is 0 Å². The molecule has 180 valence electrons. The molecule has 0 saturated carbocycles. The lowest BCUT2D eigenvalue weighted by Crippen LogP contribution is -2.09. The number of rotatable bonds is 4. The van der Waals surface area contributed by atoms with Gasteiger partial charge in [0.2, 0.25) is 0 Å². The van der Waals surface area contributed by atoms with Gasteiger partial charge in [0.15, 0.2) is 11.4 Å². The third-order valence-electron chi connectivity index (χ3n) is 7.12. The van der Waals surface area contributed by atoms with E-state index in [1.54, 1.807) is 0 Å². The quantitative estimate of drug-likeness (QED) is 0.245. The van der Waals surface area contributed by atoms with Crippen molar-refractivity contribution in [2.45, 2.75) is 0 Å². The molecule has 6 aromatic rings. The van der Waals surface area contributed by atoms with E-state index in [-0.39, 0.29) is 11.4 Å². The first-order valence-electron chi connectivity index (χ1n) is 12.6. The van der Waals surface area contributed by atoms with Gasteiger partial charge in [-0.05, 0) is 52.9 Å². The predicted molar refractivity (Wildman–Crippen MR) is 154 cm³/mol. The van der Waals surface area contributed by atoms with Crippen LogP contribution in [0.1, 0.15) is 11.4 Å². The molecule has 5 nitrogen and oxygen atoms in total. The molecule has 1 aromatic heterocycles. The minimum Gasteiger partial charge on any atom is -0.311 e. The molecule has 0 N–H and O–H groups in total. The van der Waals surface area contributed by atoms with Crippen molar-refractivity contribution in [3.8, 4) is 45.8 Å². The van der Waals surface area contributed by atoms with Crippen LogP contribution in [0.15, 0.2) is 115 Å². The molecule has 1 aliphatic carbocycles. The lowest BCUT2D eigenvalue weighted by atomic mass is 9.94. The van der Waals surface area contributed by atoms with Gasteiger partial charge in [0.25, 0.3) is 0 Å². The van der Waals surface area contributed by atoms with Crippen molar-refractivity contribution >= 4 is 27.8 Å². The smallest absolute Gasteiger partial charge is 0.177 e. The van der Waals surface area contributed by atoms with E-state index in [9.17, 15) is 10.5 Å². The van der Waals surface area contributed by atoms with Crippen molar-refractivity contribution in [1.29, 1.82) is 10.5 Å². The van der Waals surface area contributed by atoms with Gasteiger partial charge in [-0.15, -0.1) is 0 Å². The van der Waals surface area contributed by atoms with Crippen molar-refractivity contribution < 1.29 is 0 Å². The van der Waals surface area contributed by atoms with Crippen molar-refractivity contribution in [3.05, 3.63) is 127 Å². The summed E-state index contributed by atoms with van der Waals surface area (Å²) in [6.45, 7) is 0. The zero-order chi connectivity index (χ0) is 26.3. The summed E-state index contributed by atoms with van der Waals surface area (Å²) >= 11 is 0. The summed E-state index contributed by atoms with van der Waals surface area (Å²) in [6.07, 6.45) is 0. The molecule has 0 spiro atoms. The molecular formula is C34H19N5. The molecule has 5 aromatic carbocycles. The van der Waals surface area contributed by atoms with E-state index in [2.05, 4.69) is 75.5 Å². The number of aromatic nitrogens is 2. The van der Waals surface area contributed by atoms with Crippen LogP contribution in [-0.4, -0.2) is 9.97 Å². The molecule has 0 aliphatic heterocycles. The Balaban J connectivity index is 1.35. The Labute approximate surface area is 225 Å². The number of hydrogen-bond acceptors (Lipinski definition) is 5. The molecule has 7 rings (SSSR count). The fraction of sp³-hybridized carbons (Fsp3) is 0. The van der Waals surface area contributed by atoms with Crippen LogP contribution >= 0.6 is 0 Å². The summed E-state index contributed by atoms with van der Waals surface area (Å²) in [6, 6.07) is 43.6. The van der Waals surface area contributed by atoms with Crippen LogP contribution in [-0.2, 0) is 0 Å². The molecular weight excluding hydrogens is 478 g/mol. The Hall–Kier alpha value is -5.78. The summed E-state index contributed by atoms with van der Waals surface area (Å²) in [7, 11) is 0. The topological polar surface area (TPSA) is 76.6 Å². The fourth-order valence-corrected chi connectivity index (χ4v) is 5.41. The van der Waals surface area contributed by atoms with E-state index in [1.807, 2.05) is 66.7 Å². The molecule has 5 heteroatoms. The summed E-state index contributed by atoms with van der Waals surface area (Å²) in [5.74, 6) is 0. The van der Waals surface area contributed by atoms with Crippen LogP contribution in [0.5, 0.6) is 0 Å². The van der Waals surface area contributed by atoms with Crippen molar-refractivity contribution in [2.75, 3.05) is 4.90 Å². The van der Waals surface area contributed by atoms with E-state index in [0.717, 1.165) is 50.1 Å². The first kappa shape index (κ1) is 22.4. The SMILES string of the molecule is N#Cc1nc2c(nc1C#N)-c1ccc(-c3ccc(N(c4ccccc4)c4ccccc4)cc3)c3cccc-2c13. The molecule has 0 radical (unpaired) electrons. The number of nitriles is 2. The Morgan fingerprint density at radius 1 is 0.487 bits per heavy atom. The normalized spacial score (nSPS) is 11.0. The van der Waals surface area contributed by atoms with Gasteiger partial charge in [-0.1, -0.05) is 78.9 Å². The van der Waals surface area contributed by atoms with Crippen LogP contribution in [0.4, 0.5) is 17.1 Å². The minimum absolute atomic E-state index is 0.0539. The minimum atomic E-state index is 0.0539. The maximum atomic E-state index is 9.48. The Bertz CT molecular complexity index is 1880. The van der Waals surface area contributed by atoms with Gasteiger partial charge in [-0.25, -0.2) is 9.97 Å². The van der Waals surface area contributed by atoms with Gasteiger partial charge in [0.1, 0.15) is 12.1 Å². The highest BCUT2D eigenvalue weighted by Gasteiger charge is 2.27. The molecule has 0 fully saturated rings. The van der Waals surface area contributed by atoms with Gasteiger partial charge in [-0.2, -0.15) is 10.5 Å². The average Bonchev–Trinajstić information content (AvgIpc) is 3.32. The number of fused-ring (bicyclic) bond motifs is 3. The number of para-hydroxylation sites is 2. The molecule has 0 atom stereocenters. The van der Waals surface area contributed by atoms with Crippen LogP contribution < -0.4 is 4.90 Å². The number of hydrogen-bond donors (Lipinski definition) is 0. The molecule has 0 unspecified atom stereocenters. The zero-order valence-electron chi connectivity index (χ0n) is 20.7. The number of benzene rings is 5. The van der Waals surface area contributed by atoms with Crippen molar-refractivity contribution in [3.63, 3.8) is 0 Å². The standard InChI is InChI=1S/C34H19N5/c35-20-30-31(21-36)38-34-29-19-18-26(27-12-7-13-28(32(27)29)33(34)37-30)22-14-16-25(17-15-22)39(23-8-3-1-4-9-23)24-10-5-2-6-11-24/h1-19H. The zero-order valence-corrected chi connectivity index (χ0v) is 20.7. The maximum Gasteiger partial charge on any atom is 0.177 e. The van der Waals surface area contributed by atoms with Gasteiger partial charge in [0, 0.05) is 33.6 Å². The Morgan fingerprint density at radius 3 is 1.56 bits per heavy atom. The van der Waals surface area contributed by atoms with E-state index in [0.29, 0.717) is 11.4 Å². The highest BCUT2D eigenvalue weighted by Crippen LogP contribution is 2.48. The molecule has 1 aliphatic rings. The first-order valence-corrected chi connectivity index (χ1v) is 12.6. The second kappa shape index (κ2) is 8.95. The van der Waals surface area contributed by atoms with Crippen LogP contribution in [0.2, 0.25) is 0 Å². The van der Waals surface area contributed by atoms with Gasteiger partial charge < -0.3 is 4.90 Å². The van der Waals surface area contributed by atoms with E-state index in [1.165, 1.54) is 0 Å². The van der Waals surface area contributed by atoms with Crippen LogP contribution in [0.3, 0.4) is 0 Å². The highest BCUT2D eigenvalue weighted by molar-refractivity contribution is 6.17. The monoisotopic (exact) mass is 497 g/mol. The number of anilines is 3. The predicted octanol–water partition coefficient (Wildman–Crippen LogP) is 8.16. The molecule has 1 heterocycles. The summed E-state index contributed by atoms with van der Waals surface area (Å²) in [5.41, 5.74) is 8.72. The Kier molecular flexibility index (Phi) is 5.15. The largest absolute Gasteiger partial charge is 0.311 e. The average molecular weight is 498 g/mol. The van der Waals surface area contributed by atoms with Gasteiger partial charge >= 0.3 is 0 Å². The van der Waals surface area contributed by atoms with Crippen molar-refractivity contribution in [1.82, 2.24) is 9.97 Å². The fourth-order valence-electron chi connectivity index (χ4n) is 5.41. The first-order chi connectivity index (χ1) is 19.3. The van der Waals surface area contributed by atoms with Crippen LogP contribution in [0.25, 0.3) is 44.4 Å². The third kappa shape index (κ3) is 3.54. The maximum absolute atomic E-state index is 9.48. The lowest BCUT2D eigenvalue weighted by Gasteiger charge is -2.25. The number of nitrogens with zero attached hydrogens (tertiary/aromatic N) is 5. The lowest BCUT2D eigenvalue weighted by molar-refractivity contribution is 1.15. The summed E-state index contributed by atoms with van der Waals surface area (Å²) < 4.78 is 0. The second-order valence-corrected chi connectivity index (χ2v) is 9.28.